The van der Waals surface area contributed by atoms with Gasteiger partial charge in [0.15, 0.2) is 15.8 Å². The lowest BCUT2D eigenvalue weighted by atomic mass is 10.6. The molecular formula is C12H18N4O2S2. The van der Waals surface area contributed by atoms with Crippen molar-refractivity contribution < 1.29 is 8.42 Å². The summed E-state index contributed by atoms with van der Waals surface area (Å²) in [5.74, 6) is 0.457. The number of anilines is 1. The molecule has 6 nitrogen and oxygen atoms in total. The summed E-state index contributed by atoms with van der Waals surface area (Å²) in [4.78, 5) is 5.09. The van der Waals surface area contributed by atoms with Crippen molar-refractivity contribution in [1.82, 2.24) is 13.7 Å². The van der Waals surface area contributed by atoms with E-state index in [4.69, 9.17) is 0 Å². The van der Waals surface area contributed by atoms with Gasteiger partial charge in [-0.05, 0) is 19.8 Å². The summed E-state index contributed by atoms with van der Waals surface area (Å²) in [5, 5.41) is 5.18. The molecule has 0 saturated heterocycles. The molecule has 0 bridgehead atoms. The minimum atomic E-state index is -3.52. The van der Waals surface area contributed by atoms with Gasteiger partial charge in [0.05, 0.1) is 0 Å². The predicted molar refractivity (Wildman–Crippen MR) is 79.8 cm³/mol. The molecule has 20 heavy (non-hydrogen) atoms. The fraction of sp³-hybridized carbons (Fsp3) is 0.583. The van der Waals surface area contributed by atoms with Crippen LogP contribution in [0.25, 0.3) is 4.96 Å². The van der Waals surface area contributed by atoms with Gasteiger partial charge in [0.2, 0.25) is 0 Å². The zero-order chi connectivity index (χ0) is 14.3. The Kier molecular flexibility index (Phi) is 3.47. The summed E-state index contributed by atoms with van der Waals surface area (Å²) < 4.78 is 29.1. The SMILES string of the molecule is CCNc1nc2sccn2c1S(=O)(=O)N(CC)C1CC1. The summed E-state index contributed by atoms with van der Waals surface area (Å²) in [5.41, 5.74) is 0. The van der Waals surface area contributed by atoms with Gasteiger partial charge in [-0.3, -0.25) is 4.40 Å². The Balaban J connectivity index is 2.15. The number of hydrogen-bond donors (Lipinski definition) is 1. The van der Waals surface area contributed by atoms with E-state index in [1.165, 1.54) is 11.3 Å². The Hall–Kier alpha value is -1.12. The second-order valence-corrected chi connectivity index (χ2v) is 7.47. The lowest BCUT2D eigenvalue weighted by molar-refractivity contribution is 0.418. The Morgan fingerprint density at radius 1 is 1.50 bits per heavy atom. The lowest BCUT2D eigenvalue weighted by Crippen LogP contribution is -2.34. The highest BCUT2D eigenvalue weighted by atomic mass is 32.2. The predicted octanol–water partition coefficient (Wildman–Crippen LogP) is 2.00. The van der Waals surface area contributed by atoms with E-state index in [1.54, 1.807) is 14.9 Å². The number of nitrogens with one attached hydrogen (secondary N) is 1. The highest BCUT2D eigenvalue weighted by Gasteiger charge is 2.40. The molecule has 1 saturated carbocycles. The molecule has 1 N–H and O–H groups in total. The zero-order valence-corrected chi connectivity index (χ0v) is 13.2. The highest BCUT2D eigenvalue weighted by Crippen LogP contribution is 2.35. The van der Waals surface area contributed by atoms with E-state index < -0.39 is 10.0 Å². The van der Waals surface area contributed by atoms with Crippen molar-refractivity contribution in [2.45, 2.75) is 37.8 Å². The van der Waals surface area contributed by atoms with Crippen LogP contribution in [0.5, 0.6) is 0 Å². The first-order chi connectivity index (χ1) is 9.59. The number of imidazole rings is 1. The van der Waals surface area contributed by atoms with Gasteiger partial charge in [-0.15, -0.1) is 11.3 Å². The average Bonchev–Trinajstić information content (AvgIpc) is 2.99. The molecule has 2 heterocycles. The van der Waals surface area contributed by atoms with Crippen LogP contribution in [0.1, 0.15) is 26.7 Å². The Bertz CT molecular complexity index is 715. The van der Waals surface area contributed by atoms with Crippen molar-refractivity contribution in [3.63, 3.8) is 0 Å². The Morgan fingerprint density at radius 2 is 2.25 bits per heavy atom. The number of hydrogen-bond acceptors (Lipinski definition) is 5. The van der Waals surface area contributed by atoms with E-state index in [0.29, 0.717) is 23.9 Å². The first-order valence-corrected chi connectivity index (χ1v) is 9.12. The van der Waals surface area contributed by atoms with Gasteiger partial charge in [-0.2, -0.15) is 4.31 Å². The molecule has 0 atom stereocenters. The smallest absolute Gasteiger partial charge is 0.263 e. The van der Waals surface area contributed by atoms with E-state index in [9.17, 15) is 8.42 Å². The average molecular weight is 314 g/mol. The maximum absolute atomic E-state index is 12.9. The summed E-state index contributed by atoms with van der Waals surface area (Å²) >= 11 is 1.44. The molecule has 1 aliphatic rings. The van der Waals surface area contributed by atoms with Crippen LogP contribution in [-0.4, -0.2) is 41.2 Å². The van der Waals surface area contributed by atoms with Crippen LogP contribution in [-0.2, 0) is 10.0 Å². The van der Waals surface area contributed by atoms with Gasteiger partial charge in [0.25, 0.3) is 10.0 Å². The quantitative estimate of drug-likeness (QED) is 0.885. The van der Waals surface area contributed by atoms with Gasteiger partial charge in [0.1, 0.15) is 0 Å². The first kappa shape index (κ1) is 13.8. The molecule has 0 radical (unpaired) electrons. The maximum Gasteiger partial charge on any atom is 0.263 e. The number of fused-ring (bicyclic) bond motifs is 1. The van der Waals surface area contributed by atoms with Crippen LogP contribution < -0.4 is 5.32 Å². The third-order valence-corrected chi connectivity index (χ3v) is 6.19. The number of aromatic nitrogens is 2. The van der Waals surface area contributed by atoms with Crippen LogP contribution in [0.15, 0.2) is 16.6 Å². The van der Waals surface area contributed by atoms with Gasteiger partial charge in [-0.25, -0.2) is 13.4 Å². The molecule has 0 amide bonds. The second-order valence-electron chi connectivity index (χ2n) is 4.79. The molecule has 0 aromatic carbocycles. The van der Waals surface area contributed by atoms with E-state index in [1.807, 2.05) is 19.2 Å². The molecule has 1 aliphatic carbocycles. The third kappa shape index (κ3) is 2.11. The van der Waals surface area contributed by atoms with Crippen molar-refractivity contribution >= 4 is 32.1 Å². The normalized spacial score (nSPS) is 16.1. The number of sulfonamides is 1. The van der Waals surface area contributed by atoms with E-state index in [0.717, 1.165) is 12.8 Å². The fourth-order valence-corrected chi connectivity index (χ4v) is 5.09. The third-order valence-electron chi connectivity index (χ3n) is 3.38. The Morgan fingerprint density at radius 3 is 2.85 bits per heavy atom. The maximum atomic E-state index is 12.9. The Labute approximate surface area is 122 Å². The molecule has 0 unspecified atom stereocenters. The highest BCUT2D eigenvalue weighted by molar-refractivity contribution is 7.89. The molecule has 0 aliphatic heterocycles. The zero-order valence-electron chi connectivity index (χ0n) is 11.5. The molecule has 110 valence electrons. The summed E-state index contributed by atoms with van der Waals surface area (Å²) in [7, 11) is -3.52. The number of nitrogens with zero attached hydrogens (tertiary/aromatic N) is 3. The molecule has 0 spiro atoms. The number of rotatable bonds is 6. The fourth-order valence-electron chi connectivity index (χ4n) is 2.39. The van der Waals surface area contributed by atoms with E-state index in [-0.39, 0.29) is 11.1 Å². The lowest BCUT2D eigenvalue weighted by Gasteiger charge is -2.20. The largest absolute Gasteiger partial charge is 0.368 e. The number of thiazole rings is 1. The summed E-state index contributed by atoms with van der Waals surface area (Å²) in [6, 6.07) is 0.156. The van der Waals surface area contributed by atoms with Crippen molar-refractivity contribution in [1.29, 1.82) is 0 Å². The van der Waals surface area contributed by atoms with Crippen LogP contribution in [0, 0.1) is 0 Å². The van der Waals surface area contributed by atoms with Gasteiger partial charge >= 0.3 is 0 Å². The summed E-state index contributed by atoms with van der Waals surface area (Å²) in [6.07, 6.45) is 3.67. The van der Waals surface area contributed by atoms with Crippen molar-refractivity contribution in [2.24, 2.45) is 0 Å². The van der Waals surface area contributed by atoms with E-state index >= 15 is 0 Å². The molecular weight excluding hydrogens is 296 g/mol. The molecule has 2 aromatic rings. The van der Waals surface area contributed by atoms with Crippen LogP contribution in [0.2, 0.25) is 0 Å². The first-order valence-electron chi connectivity index (χ1n) is 6.80. The van der Waals surface area contributed by atoms with Crippen LogP contribution in [0.4, 0.5) is 5.82 Å². The topological polar surface area (TPSA) is 66.7 Å². The molecule has 3 rings (SSSR count). The monoisotopic (exact) mass is 314 g/mol. The molecule has 8 heteroatoms. The van der Waals surface area contributed by atoms with Crippen molar-refractivity contribution in [3.8, 4) is 0 Å². The van der Waals surface area contributed by atoms with Crippen molar-refractivity contribution in [3.05, 3.63) is 11.6 Å². The standard InChI is InChI=1S/C12H18N4O2S2/c1-3-13-10-11(15-7-8-19-12(15)14-10)20(17,18)16(4-2)9-5-6-9/h7-9,13H,3-6H2,1-2H3. The second kappa shape index (κ2) is 5.01. The van der Waals surface area contributed by atoms with Crippen LogP contribution in [0.3, 0.4) is 0 Å². The minimum Gasteiger partial charge on any atom is -0.368 e. The summed E-state index contributed by atoms with van der Waals surface area (Å²) in [6.45, 7) is 4.95. The van der Waals surface area contributed by atoms with Gasteiger partial charge in [-0.1, -0.05) is 6.92 Å². The van der Waals surface area contributed by atoms with Crippen molar-refractivity contribution in [2.75, 3.05) is 18.4 Å². The van der Waals surface area contributed by atoms with E-state index in [2.05, 4.69) is 10.3 Å². The van der Waals surface area contributed by atoms with Crippen LogP contribution >= 0.6 is 11.3 Å². The molecule has 2 aromatic heterocycles. The molecule has 1 fully saturated rings. The van der Waals surface area contributed by atoms with Gasteiger partial charge in [0, 0.05) is 30.7 Å². The van der Waals surface area contributed by atoms with Gasteiger partial charge < -0.3 is 5.32 Å². The minimum absolute atomic E-state index is 0.156.